The number of para-hydroxylation sites is 1. The van der Waals surface area contributed by atoms with Gasteiger partial charge >= 0.3 is 0 Å². The maximum absolute atomic E-state index is 11.8. The summed E-state index contributed by atoms with van der Waals surface area (Å²) in [5, 5.41) is 9.22. The molecule has 0 spiro atoms. The van der Waals surface area contributed by atoms with E-state index in [1.165, 1.54) is 0 Å². The Labute approximate surface area is 202 Å². The van der Waals surface area contributed by atoms with Crippen LogP contribution in [0.15, 0.2) is 59.6 Å². The van der Waals surface area contributed by atoms with E-state index < -0.39 is 0 Å². The largest absolute Gasteiger partial charge is 0.494 e. The molecule has 0 aliphatic carbocycles. The summed E-state index contributed by atoms with van der Waals surface area (Å²) in [5.41, 5.74) is 0.855. The van der Waals surface area contributed by atoms with E-state index in [9.17, 15) is 4.79 Å². The molecule has 2 aromatic rings. The van der Waals surface area contributed by atoms with E-state index in [4.69, 9.17) is 9.47 Å². The molecule has 7 nitrogen and oxygen atoms in total. The van der Waals surface area contributed by atoms with Crippen molar-refractivity contribution in [3.05, 3.63) is 54.6 Å². The van der Waals surface area contributed by atoms with Crippen LogP contribution in [0, 0.1) is 0 Å². The molecule has 0 radical (unpaired) electrons. The highest BCUT2D eigenvalue weighted by atomic mass is 127. The van der Waals surface area contributed by atoms with Crippen molar-refractivity contribution in [3.8, 4) is 11.5 Å². The number of nitrogens with one attached hydrogen (secondary N) is 3. The molecule has 0 saturated carbocycles. The molecule has 2 rings (SSSR count). The summed E-state index contributed by atoms with van der Waals surface area (Å²) in [6.45, 7) is 7.74. The number of nitrogens with zero attached hydrogens (tertiary/aromatic N) is 1. The summed E-state index contributed by atoms with van der Waals surface area (Å²) >= 11 is 0. The lowest BCUT2D eigenvalue weighted by Crippen LogP contribution is -2.34. The first-order chi connectivity index (χ1) is 14.6. The Bertz CT molecular complexity index is 783. The van der Waals surface area contributed by atoms with Crippen molar-refractivity contribution in [1.29, 1.82) is 0 Å². The Balaban J connectivity index is 0.00000480. The fourth-order valence-corrected chi connectivity index (χ4v) is 2.55. The number of amides is 1. The lowest BCUT2D eigenvalue weighted by atomic mass is 10.3. The molecule has 0 aromatic heterocycles. The monoisotopic (exact) mass is 540 g/mol. The predicted molar refractivity (Wildman–Crippen MR) is 137 cm³/mol. The van der Waals surface area contributed by atoms with Gasteiger partial charge in [-0.2, -0.15) is 0 Å². The number of guanidine groups is 1. The third-order valence-corrected chi connectivity index (χ3v) is 3.87. The summed E-state index contributed by atoms with van der Waals surface area (Å²) in [6, 6.07) is 17.3. The fraction of sp³-hybridized carbons (Fsp3) is 0.391. The van der Waals surface area contributed by atoms with E-state index in [2.05, 4.69) is 20.9 Å². The summed E-state index contributed by atoms with van der Waals surface area (Å²) in [5.74, 6) is 2.08. The Hall–Kier alpha value is -2.49. The zero-order valence-corrected chi connectivity index (χ0v) is 20.7. The number of hydrogen-bond acceptors (Lipinski definition) is 4. The molecule has 0 bridgehead atoms. The van der Waals surface area contributed by atoms with Crippen molar-refractivity contribution in [2.24, 2.45) is 4.99 Å². The van der Waals surface area contributed by atoms with Crippen LogP contribution in [-0.2, 0) is 4.79 Å². The zero-order valence-electron chi connectivity index (χ0n) is 18.4. The van der Waals surface area contributed by atoms with Crippen LogP contribution in [0.1, 0.15) is 27.2 Å². The van der Waals surface area contributed by atoms with E-state index in [0.717, 1.165) is 23.6 Å². The number of likely N-dealkylation sites (N-methyl/N-ethyl adjacent to an activating group) is 1. The average molecular weight is 540 g/mol. The number of halogens is 1. The van der Waals surface area contributed by atoms with Crippen LogP contribution in [0.5, 0.6) is 11.5 Å². The van der Waals surface area contributed by atoms with E-state index in [1.54, 1.807) is 0 Å². The van der Waals surface area contributed by atoms with Gasteiger partial charge in [0.1, 0.15) is 18.0 Å². The van der Waals surface area contributed by atoms with Gasteiger partial charge in [0.15, 0.2) is 5.96 Å². The van der Waals surface area contributed by atoms with Crippen molar-refractivity contribution in [2.75, 3.05) is 31.6 Å². The molecule has 0 aliphatic rings. The van der Waals surface area contributed by atoms with Gasteiger partial charge in [-0.15, -0.1) is 24.0 Å². The van der Waals surface area contributed by atoms with Crippen molar-refractivity contribution in [3.63, 3.8) is 0 Å². The third-order valence-electron chi connectivity index (χ3n) is 3.87. The minimum atomic E-state index is -0.119. The van der Waals surface area contributed by atoms with Gasteiger partial charge in [-0.05, 0) is 63.6 Å². The number of aliphatic imine (C=N–C) groups is 1. The van der Waals surface area contributed by atoms with Crippen molar-refractivity contribution in [1.82, 2.24) is 10.6 Å². The van der Waals surface area contributed by atoms with E-state index in [1.807, 2.05) is 75.4 Å². The first-order valence-electron chi connectivity index (χ1n) is 10.3. The number of rotatable bonds is 11. The van der Waals surface area contributed by atoms with Gasteiger partial charge < -0.3 is 25.4 Å². The Kier molecular flexibility index (Phi) is 13.1. The van der Waals surface area contributed by atoms with Gasteiger partial charge in [0.05, 0.1) is 12.7 Å². The summed E-state index contributed by atoms with van der Waals surface area (Å²) in [4.78, 5) is 16.1. The van der Waals surface area contributed by atoms with E-state index >= 15 is 0 Å². The van der Waals surface area contributed by atoms with Gasteiger partial charge in [0, 0.05) is 18.8 Å². The van der Waals surface area contributed by atoms with Crippen LogP contribution >= 0.6 is 24.0 Å². The summed E-state index contributed by atoms with van der Waals surface area (Å²) in [7, 11) is 0. The molecule has 3 N–H and O–H groups in total. The van der Waals surface area contributed by atoms with Crippen LogP contribution in [-0.4, -0.2) is 44.2 Å². The van der Waals surface area contributed by atoms with Crippen molar-refractivity contribution < 1.29 is 14.3 Å². The zero-order chi connectivity index (χ0) is 21.6. The van der Waals surface area contributed by atoms with Crippen LogP contribution in [0.3, 0.4) is 0 Å². The quantitative estimate of drug-likeness (QED) is 0.173. The standard InChI is InChI=1S/C23H32N4O3.HI/c1-4-24-22(28)17-26-23(25-15-8-16-29-20-9-6-5-7-10-20)27-19-11-13-21(14-12-19)30-18(2)3;/h5-7,9-14,18H,4,8,15-17H2,1-3H3,(H,24,28)(H2,25,26,27);1H. The molecule has 0 heterocycles. The maximum atomic E-state index is 11.8. The molecule has 8 heteroatoms. The van der Waals surface area contributed by atoms with Gasteiger partial charge in [0.25, 0.3) is 0 Å². The lowest BCUT2D eigenvalue weighted by molar-refractivity contribution is -0.119. The number of anilines is 1. The van der Waals surface area contributed by atoms with Gasteiger partial charge in [-0.3, -0.25) is 4.79 Å². The second-order valence-electron chi connectivity index (χ2n) is 6.88. The summed E-state index contributed by atoms with van der Waals surface area (Å²) in [6.07, 6.45) is 0.913. The molecular weight excluding hydrogens is 507 g/mol. The molecule has 0 fully saturated rings. The average Bonchev–Trinajstić information content (AvgIpc) is 2.73. The number of ether oxygens (including phenoxy) is 2. The Morgan fingerprint density at radius 1 is 1.00 bits per heavy atom. The molecular formula is C23H33IN4O3. The third kappa shape index (κ3) is 11.5. The van der Waals surface area contributed by atoms with Crippen LogP contribution < -0.4 is 25.4 Å². The van der Waals surface area contributed by atoms with Crippen LogP contribution in [0.25, 0.3) is 0 Å². The highest BCUT2D eigenvalue weighted by molar-refractivity contribution is 14.0. The highest BCUT2D eigenvalue weighted by Gasteiger charge is 2.04. The molecule has 0 saturated heterocycles. The van der Waals surface area contributed by atoms with Gasteiger partial charge in [-0.25, -0.2) is 4.99 Å². The SMILES string of the molecule is CCNC(=O)CN=C(NCCCOc1ccccc1)Nc1ccc(OC(C)C)cc1.I. The van der Waals surface area contributed by atoms with Crippen molar-refractivity contribution in [2.45, 2.75) is 33.3 Å². The molecule has 31 heavy (non-hydrogen) atoms. The Morgan fingerprint density at radius 2 is 1.71 bits per heavy atom. The van der Waals surface area contributed by atoms with Crippen LogP contribution in [0.4, 0.5) is 5.69 Å². The summed E-state index contributed by atoms with van der Waals surface area (Å²) < 4.78 is 11.4. The molecule has 0 aliphatic heterocycles. The minimum Gasteiger partial charge on any atom is -0.494 e. The second-order valence-corrected chi connectivity index (χ2v) is 6.88. The first kappa shape index (κ1) is 26.5. The molecule has 2 aromatic carbocycles. The lowest BCUT2D eigenvalue weighted by Gasteiger charge is -2.14. The number of carbonyl (C=O) groups is 1. The molecule has 1 amide bonds. The number of benzene rings is 2. The fourth-order valence-electron chi connectivity index (χ4n) is 2.55. The predicted octanol–water partition coefficient (Wildman–Crippen LogP) is 4.05. The molecule has 170 valence electrons. The normalized spacial score (nSPS) is 10.8. The van der Waals surface area contributed by atoms with Gasteiger partial charge in [0.2, 0.25) is 5.91 Å². The highest BCUT2D eigenvalue weighted by Crippen LogP contribution is 2.16. The topological polar surface area (TPSA) is 84.0 Å². The van der Waals surface area contributed by atoms with Crippen LogP contribution in [0.2, 0.25) is 0 Å². The number of carbonyl (C=O) groups excluding carboxylic acids is 1. The first-order valence-corrected chi connectivity index (χ1v) is 10.3. The van der Waals surface area contributed by atoms with E-state index in [0.29, 0.717) is 25.7 Å². The molecule has 0 atom stereocenters. The minimum absolute atomic E-state index is 0. The second kappa shape index (κ2) is 15.3. The number of hydrogen-bond donors (Lipinski definition) is 3. The Morgan fingerprint density at radius 3 is 2.35 bits per heavy atom. The maximum Gasteiger partial charge on any atom is 0.241 e. The van der Waals surface area contributed by atoms with Crippen molar-refractivity contribution >= 4 is 41.5 Å². The smallest absolute Gasteiger partial charge is 0.241 e. The van der Waals surface area contributed by atoms with Gasteiger partial charge in [-0.1, -0.05) is 18.2 Å². The molecule has 0 unspecified atom stereocenters. The van der Waals surface area contributed by atoms with E-state index in [-0.39, 0.29) is 42.5 Å².